The molecule has 0 spiro atoms. The summed E-state index contributed by atoms with van der Waals surface area (Å²) in [6, 6.07) is 7.78. The molecule has 1 amide bonds. The van der Waals surface area contributed by atoms with E-state index >= 15 is 0 Å². The van der Waals surface area contributed by atoms with Gasteiger partial charge in [0.2, 0.25) is 15.9 Å². The predicted molar refractivity (Wildman–Crippen MR) is 100.0 cm³/mol. The molecule has 0 heterocycles. The van der Waals surface area contributed by atoms with Crippen LogP contribution in [-0.2, 0) is 14.8 Å². The van der Waals surface area contributed by atoms with E-state index in [1.165, 1.54) is 29.8 Å². The molecule has 2 bridgehead atoms. The largest absolute Gasteiger partial charge is 0.353 e. The fourth-order valence-electron chi connectivity index (χ4n) is 4.39. The Morgan fingerprint density at radius 1 is 1.24 bits per heavy atom. The fourth-order valence-corrected chi connectivity index (χ4v) is 5.41. The molecule has 2 fully saturated rings. The van der Waals surface area contributed by atoms with Gasteiger partial charge in [0, 0.05) is 19.0 Å². The molecule has 0 radical (unpaired) electrons. The second-order valence-corrected chi connectivity index (χ2v) is 9.48. The molecular formula is C19H28N2O3S. The average molecular weight is 365 g/mol. The van der Waals surface area contributed by atoms with E-state index in [2.05, 4.69) is 5.32 Å². The number of aryl methyl sites for hydroxylation is 1. The van der Waals surface area contributed by atoms with Gasteiger partial charge in [-0.1, -0.05) is 24.6 Å². The smallest absolute Gasteiger partial charge is 0.232 e. The van der Waals surface area contributed by atoms with E-state index in [0.717, 1.165) is 17.9 Å². The van der Waals surface area contributed by atoms with Gasteiger partial charge in [-0.2, -0.15) is 0 Å². The Labute approximate surface area is 150 Å². The molecule has 2 aliphatic rings. The number of amides is 1. The topological polar surface area (TPSA) is 66.5 Å². The highest BCUT2D eigenvalue weighted by Crippen LogP contribution is 2.44. The minimum atomic E-state index is -3.37. The van der Waals surface area contributed by atoms with E-state index in [1.807, 2.05) is 31.2 Å². The Morgan fingerprint density at radius 3 is 2.60 bits per heavy atom. The number of para-hydroxylation sites is 1. The molecule has 25 heavy (non-hydrogen) atoms. The summed E-state index contributed by atoms with van der Waals surface area (Å²) in [7, 11) is -3.37. The SMILES string of the molecule is Cc1ccccc1N(CCCC(=O)N[C@H]1C[C@H]2CC[C@H]1C2)S(C)(=O)=O. The van der Waals surface area contributed by atoms with Crippen LogP contribution in [0.5, 0.6) is 0 Å². The van der Waals surface area contributed by atoms with Crippen LogP contribution in [0.25, 0.3) is 0 Å². The van der Waals surface area contributed by atoms with Crippen molar-refractivity contribution in [2.24, 2.45) is 11.8 Å². The van der Waals surface area contributed by atoms with Crippen LogP contribution >= 0.6 is 0 Å². The van der Waals surface area contributed by atoms with Crippen LogP contribution in [0.15, 0.2) is 24.3 Å². The molecule has 0 unspecified atom stereocenters. The molecule has 2 aliphatic carbocycles. The van der Waals surface area contributed by atoms with Gasteiger partial charge in [-0.15, -0.1) is 0 Å². The molecule has 1 aromatic rings. The number of nitrogens with one attached hydrogen (secondary N) is 1. The highest BCUT2D eigenvalue weighted by molar-refractivity contribution is 7.92. The first kappa shape index (κ1) is 18.2. The average Bonchev–Trinajstić information content (AvgIpc) is 3.14. The highest BCUT2D eigenvalue weighted by atomic mass is 32.2. The first-order chi connectivity index (χ1) is 11.8. The molecule has 0 aromatic heterocycles. The van der Waals surface area contributed by atoms with Gasteiger partial charge in [0.25, 0.3) is 0 Å². The molecule has 1 N–H and O–H groups in total. The van der Waals surface area contributed by atoms with Gasteiger partial charge in [-0.05, 0) is 56.1 Å². The van der Waals surface area contributed by atoms with E-state index in [4.69, 9.17) is 0 Å². The zero-order chi connectivity index (χ0) is 18.0. The number of hydrogen-bond donors (Lipinski definition) is 1. The van der Waals surface area contributed by atoms with Gasteiger partial charge in [-0.25, -0.2) is 8.42 Å². The van der Waals surface area contributed by atoms with Crippen molar-refractivity contribution in [3.63, 3.8) is 0 Å². The Hall–Kier alpha value is -1.56. The molecular weight excluding hydrogens is 336 g/mol. The normalized spacial score (nSPS) is 25.1. The Balaban J connectivity index is 1.53. The predicted octanol–water partition coefficient (Wildman–Crippen LogP) is 2.85. The summed E-state index contributed by atoms with van der Waals surface area (Å²) >= 11 is 0. The lowest BCUT2D eigenvalue weighted by molar-refractivity contribution is -0.122. The molecule has 6 heteroatoms. The first-order valence-electron chi connectivity index (χ1n) is 9.17. The van der Waals surface area contributed by atoms with E-state index in [-0.39, 0.29) is 5.91 Å². The molecule has 2 saturated carbocycles. The standard InChI is InChI=1S/C19H28N2O3S/c1-14-6-3-4-7-18(14)21(25(2,23)24)11-5-8-19(22)20-17-13-15-9-10-16(17)12-15/h3-4,6-7,15-17H,5,8-13H2,1-2H3,(H,20,22)/t15-,16-,17-/m0/s1. The zero-order valence-electron chi connectivity index (χ0n) is 15.1. The monoisotopic (exact) mass is 364 g/mol. The van der Waals surface area contributed by atoms with Crippen LogP contribution in [0.4, 0.5) is 5.69 Å². The third-order valence-electron chi connectivity index (χ3n) is 5.63. The van der Waals surface area contributed by atoms with Crippen LogP contribution in [0.3, 0.4) is 0 Å². The second-order valence-electron chi connectivity index (χ2n) is 7.57. The number of benzene rings is 1. The molecule has 138 valence electrons. The number of nitrogens with zero attached hydrogens (tertiary/aromatic N) is 1. The van der Waals surface area contributed by atoms with Gasteiger partial charge >= 0.3 is 0 Å². The molecule has 0 aliphatic heterocycles. The lowest BCUT2D eigenvalue weighted by Gasteiger charge is -2.25. The fraction of sp³-hybridized carbons (Fsp3) is 0.632. The summed E-state index contributed by atoms with van der Waals surface area (Å²) in [5.41, 5.74) is 1.61. The molecule has 1 aromatic carbocycles. The van der Waals surface area contributed by atoms with Crippen LogP contribution in [-0.4, -0.2) is 33.2 Å². The molecule has 0 saturated heterocycles. The van der Waals surface area contributed by atoms with Gasteiger partial charge in [0.15, 0.2) is 0 Å². The zero-order valence-corrected chi connectivity index (χ0v) is 15.9. The Kier molecular flexibility index (Phi) is 5.37. The van der Waals surface area contributed by atoms with E-state index < -0.39 is 10.0 Å². The third-order valence-corrected chi connectivity index (χ3v) is 6.81. The summed E-state index contributed by atoms with van der Waals surface area (Å²) in [5.74, 6) is 1.52. The van der Waals surface area contributed by atoms with Crippen LogP contribution < -0.4 is 9.62 Å². The number of carbonyl (C=O) groups is 1. The Bertz CT molecular complexity index is 732. The number of sulfonamides is 1. The summed E-state index contributed by atoms with van der Waals surface area (Å²) < 4.78 is 25.7. The van der Waals surface area contributed by atoms with Crippen LogP contribution in [0.2, 0.25) is 0 Å². The third kappa shape index (κ3) is 4.35. The maximum atomic E-state index is 12.2. The van der Waals surface area contributed by atoms with Gasteiger partial charge in [-0.3, -0.25) is 9.10 Å². The van der Waals surface area contributed by atoms with E-state index in [0.29, 0.717) is 37.0 Å². The van der Waals surface area contributed by atoms with Crippen molar-refractivity contribution in [1.29, 1.82) is 0 Å². The van der Waals surface area contributed by atoms with Crippen molar-refractivity contribution in [3.8, 4) is 0 Å². The Morgan fingerprint density at radius 2 is 2.00 bits per heavy atom. The van der Waals surface area contributed by atoms with Gasteiger partial charge in [0.05, 0.1) is 11.9 Å². The van der Waals surface area contributed by atoms with Crippen molar-refractivity contribution < 1.29 is 13.2 Å². The number of fused-ring (bicyclic) bond motifs is 2. The summed E-state index contributed by atoms with van der Waals surface area (Å²) in [6.45, 7) is 2.23. The number of carbonyl (C=O) groups excluding carboxylic acids is 1. The summed E-state index contributed by atoms with van der Waals surface area (Å²) in [5, 5.41) is 3.17. The van der Waals surface area contributed by atoms with E-state index in [1.54, 1.807) is 0 Å². The minimum absolute atomic E-state index is 0.0517. The van der Waals surface area contributed by atoms with Crippen LogP contribution in [0, 0.1) is 18.8 Å². The molecule has 3 rings (SSSR count). The number of anilines is 1. The maximum absolute atomic E-state index is 12.2. The van der Waals surface area contributed by atoms with E-state index in [9.17, 15) is 13.2 Å². The van der Waals surface area contributed by atoms with Crippen molar-refractivity contribution >= 4 is 21.6 Å². The quantitative estimate of drug-likeness (QED) is 0.809. The van der Waals surface area contributed by atoms with Crippen LogP contribution in [0.1, 0.15) is 44.1 Å². The maximum Gasteiger partial charge on any atom is 0.232 e. The van der Waals surface area contributed by atoms with Crippen molar-refractivity contribution in [3.05, 3.63) is 29.8 Å². The molecule has 5 nitrogen and oxygen atoms in total. The minimum Gasteiger partial charge on any atom is -0.353 e. The van der Waals surface area contributed by atoms with Gasteiger partial charge in [0.1, 0.15) is 0 Å². The van der Waals surface area contributed by atoms with Crippen molar-refractivity contribution in [2.45, 2.75) is 51.5 Å². The number of rotatable bonds is 7. The molecule has 3 atom stereocenters. The van der Waals surface area contributed by atoms with Crippen molar-refractivity contribution in [2.75, 3.05) is 17.1 Å². The second kappa shape index (κ2) is 7.36. The van der Waals surface area contributed by atoms with Crippen molar-refractivity contribution in [1.82, 2.24) is 5.32 Å². The number of hydrogen-bond acceptors (Lipinski definition) is 3. The van der Waals surface area contributed by atoms with Gasteiger partial charge < -0.3 is 5.32 Å². The lowest BCUT2D eigenvalue weighted by atomic mass is 9.95. The lowest BCUT2D eigenvalue weighted by Crippen LogP contribution is -2.39. The summed E-state index contributed by atoms with van der Waals surface area (Å²) in [4.78, 5) is 12.2. The highest BCUT2D eigenvalue weighted by Gasteiger charge is 2.39. The summed E-state index contributed by atoms with van der Waals surface area (Å²) in [6.07, 6.45) is 7.05. The first-order valence-corrected chi connectivity index (χ1v) is 11.0.